The molecule has 3 N–H and O–H groups in total. The predicted octanol–water partition coefficient (Wildman–Crippen LogP) is 4.88. The zero-order valence-electron chi connectivity index (χ0n) is 20.1. The second kappa shape index (κ2) is 10.6. The summed E-state index contributed by atoms with van der Waals surface area (Å²) in [6.45, 7) is 1.94. The number of aromatic nitrogens is 2. The Morgan fingerprint density at radius 3 is 2.70 bits per heavy atom. The number of thioether (sulfide) groups is 1. The highest BCUT2D eigenvalue weighted by Gasteiger charge is 2.41. The van der Waals surface area contributed by atoms with Gasteiger partial charge in [-0.2, -0.15) is 5.26 Å². The van der Waals surface area contributed by atoms with Crippen LogP contribution in [0.4, 0.5) is 10.8 Å². The maximum absolute atomic E-state index is 13.2. The van der Waals surface area contributed by atoms with E-state index in [2.05, 4.69) is 21.6 Å². The van der Waals surface area contributed by atoms with E-state index < -0.39 is 5.92 Å². The summed E-state index contributed by atoms with van der Waals surface area (Å²) in [6, 6.07) is 19.4. The molecule has 1 unspecified atom stereocenters. The zero-order chi connectivity index (χ0) is 25.9. The quantitative estimate of drug-likeness (QED) is 0.434. The summed E-state index contributed by atoms with van der Waals surface area (Å²) in [7, 11) is 0. The van der Waals surface area contributed by atoms with Gasteiger partial charge in [-0.15, -0.1) is 10.2 Å². The summed E-state index contributed by atoms with van der Waals surface area (Å²) in [5.74, 6) is -0.201. The average molecular weight is 529 g/mol. The van der Waals surface area contributed by atoms with Crippen LogP contribution in [-0.2, 0) is 9.59 Å². The maximum atomic E-state index is 13.2. The van der Waals surface area contributed by atoms with Gasteiger partial charge >= 0.3 is 0 Å². The summed E-state index contributed by atoms with van der Waals surface area (Å²) >= 11 is 2.55. The topological polar surface area (TPSA) is 125 Å². The van der Waals surface area contributed by atoms with Crippen molar-refractivity contribution >= 4 is 45.6 Å². The first-order chi connectivity index (χ1) is 18.0. The van der Waals surface area contributed by atoms with Gasteiger partial charge in [-0.05, 0) is 37.0 Å². The monoisotopic (exact) mass is 528 g/mol. The Kier molecular flexibility index (Phi) is 7.08. The Balaban J connectivity index is 1.42. The molecule has 2 aliphatic rings. The molecule has 1 aromatic heterocycles. The van der Waals surface area contributed by atoms with Crippen molar-refractivity contribution in [3.05, 3.63) is 88.4 Å². The number of allylic oxidation sites excluding steroid dienone is 3. The van der Waals surface area contributed by atoms with E-state index in [1.54, 1.807) is 4.90 Å². The highest BCUT2D eigenvalue weighted by molar-refractivity contribution is 8.01. The Bertz CT molecular complexity index is 1470. The third kappa shape index (κ3) is 4.88. The number of amides is 1. The van der Waals surface area contributed by atoms with E-state index in [0.29, 0.717) is 39.9 Å². The molecule has 37 heavy (non-hydrogen) atoms. The minimum Gasteiger partial charge on any atom is -0.384 e. The van der Waals surface area contributed by atoms with Crippen molar-refractivity contribution in [2.45, 2.75) is 36.4 Å². The number of aryl methyl sites for hydroxylation is 1. The van der Waals surface area contributed by atoms with Crippen molar-refractivity contribution in [3.63, 3.8) is 0 Å². The third-order valence-electron chi connectivity index (χ3n) is 6.38. The van der Waals surface area contributed by atoms with Gasteiger partial charge < -0.3 is 11.1 Å². The number of hydrogen-bond donors (Lipinski definition) is 2. The molecule has 2 heterocycles. The molecule has 0 bridgehead atoms. The van der Waals surface area contributed by atoms with E-state index in [-0.39, 0.29) is 23.3 Å². The normalized spacial score (nSPS) is 17.5. The summed E-state index contributed by atoms with van der Waals surface area (Å²) in [6.07, 6.45) is 1.77. The van der Waals surface area contributed by atoms with Gasteiger partial charge in [0.25, 0.3) is 0 Å². The molecule has 5 rings (SSSR count). The number of carbonyl (C=O) groups excluding carboxylic acids is 2. The first-order valence-electron chi connectivity index (χ1n) is 11.8. The minimum atomic E-state index is -0.503. The molecule has 0 saturated heterocycles. The zero-order valence-corrected chi connectivity index (χ0v) is 21.7. The molecule has 1 atom stereocenters. The van der Waals surface area contributed by atoms with E-state index in [0.717, 1.165) is 22.5 Å². The second-order valence-corrected chi connectivity index (χ2v) is 10.9. The van der Waals surface area contributed by atoms with Crippen LogP contribution in [0.2, 0.25) is 0 Å². The number of nitrogens with zero attached hydrogens (tertiary/aromatic N) is 4. The van der Waals surface area contributed by atoms with Gasteiger partial charge in [0.15, 0.2) is 10.1 Å². The summed E-state index contributed by atoms with van der Waals surface area (Å²) in [5, 5.41) is 22.1. The number of Topliss-reactive ketones (excluding diaryl/α,β-unsaturated/α-hetero) is 1. The number of benzene rings is 2. The molecule has 8 nitrogen and oxygen atoms in total. The van der Waals surface area contributed by atoms with Crippen molar-refractivity contribution < 1.29 is 9.59 Å². The van der Waals surface area contributed by atoms with Gasteiger partial charge in [-0.3, -0.25) is 14.5 Å². The van der Waals surface area contributed by atoms with Crippen LogP contribution >= 0.6 is 23.1 Å². The number of hydrogen-bond acceptors (Lipinski definition) is 9. The third-order valence-corrected chi connectivity index (χ3v) is 8.42. The van der Waals surface area contributed by atoms with E-state index in [1.165, 1.54) is 23.1 Å². The van der Waals surface area contributed by atoms with Crippen LogP contribution in [0.3, 0.4) is 0 Å². The standard InChI is InChI=1S/C27H24N6O2S2/c1-16-8-5-6-11-19(16)30-22(35)15-36-27-32-31-26(37-27)33-20-12-7-13-21(34)24(20)23(18(14-28)25(33)29)17-9-3-2-4-10-17/h2-6,8-11,23H,7,12-13,15,29H2,1H3,(H,30,35). The van der Waals surface area contributed by atoms with Crippen molar-refractivity contribution in [3.8, 4) is 6.07 Å². The lowest BCUT2D eigenvalue weighted by molar-refractivity contribution is -0.116. The molecule has 1 aliphatic carbocycles. The number of nitrogens with one attached hydrogen (secondary N) is 1. The molecule has 0 fully saturated rings. The van der Waals surface area contributed by atoms with Crippen LogP contribution in [0.25, 0.3) is 0 Å². The molecule has 0 saturated carbocycles. The first-order valence-corrected chi connectivity index (χ1v) is 13.6. The molecular formula is C27H24N6O2S2. The molecule has 2 aromatic carbocycles. The number of nitrogens with two attached hydrogens (primary N) is 1. The fourth-order valence-electron chi connectivity index (χ4n) is 4.66. The predicted molar refractivity (Wildman–Crippen MR) is 145 cm³/mol. The fraction of sp³-hybridized carbons (Fsp3) is 0.222. The Morgan fingerprint density at radius 2 is 1.95 bits per heavy atom. The van der Waals surface area contributed by atoms with Crippen molar-refractivity contribution in [1.29, 1.82) is 5.26 Å². The number of carbonyl (C=O) groups is 2. The van der Waals surface area contributed by atoms with E-state index in [4.69, 9.17) is 5.73 Å². The van der Waals surface area contributed by atoms with Crippen LogP contribution in [0, 0.1) is 18.3 Å². The van der Waals surface area contributed by atoms with Gasteiger partial charge in [0.2, 0.25) is 11.0 Å². The molecule has 3 aromatic rings. The molecule has 186 valence electrons. The molecule has 0 spiro atoms. The molecule has 0 radical (unpaired) electrons. The molecule has 1 amide bonds. The van der Waals surface area contributed by atoms with Crippen LogP contribution in [0.15, 0.2) is 81.6 Å². The highest BCUT2D eigenvalue weighted by Crippen LogP contribution is 2.47. The Hall–Kier alpha value is -3.94. The second-order valence-electron chi connectivity index (χ2n) is 8.73. The highest BCUT2D eigenvalue weighted by atomic mass is 32.2. The summed E-state index contributed by atoms with van der Waals surface area (Å²) in [4.78, 5) is 27.4. The van der Waals surface area contributed by atoms with Crippen LogP contribution < -0.4 is 16.0 Å². The lowest BCUT2D eigenvalue weighted by Gasteiger charge is -2.38. The van der Waals surface area contributed by atoms with Gasteiger partial charge in [-0.25, -0.2) is 0 Å². The Morgan fingerprint density at radius 1 is 1.19 bits per heavy atom. The Labute approximate surface area is 222 Å². The van der Waals surface area contributed by atoms with Crippen LogP contribution in [0.5, 0.6) is 0 Å². The number of anilines is 2. The SMILES string of the molecule is Cc1ccccc1NC(=O)CSc1nnc(N2C(N)=C(C#N)C(c3ccccc3)C3=C2CCCC3=O)s1. The lowest BCUT2D eigenvalue weighted by Crippen LogP contribution is -2.38. The van der Waals surface area contributed by atoms with Crippen molar-refractivity contribution in [2.24, 2.45) is 5.73 Å². The summed E-state index contributed by atoms with van der Waals surface area (Å²) < 4.78 is 0.593. The number of nitriles is 1. The van der Waals surface area contributed by atoms with Gasteiger partial charge in [0.1, 0.15) is 5.82 Å². The maximum Gasteiger partial charge on any atom is 0.234 e. The van der Waals surface area contributed by atoms with Gasteiger partial charge in [0.05, 0.1) is 23.3 Å². The smallest absolute Gasteiger partial charge is 0.234 e. The van der Waals surface area contributed by atoms with Gasteiger partial charge in [0, 0.05) is 23.4 Å². The summed E-state index contributed by atoms with van der Waals surface area (Å²) in [5.41, 5.74) is 10.9. The van der Waals surface area contributed by atoms with E-state index in [1.807, 2.05) is 61.5 Å². The fourth-order valence-corrected chi connectivity index (χ4v) is 6.34. The first kappa shape index (κ1) is 24.7. The molecule has 10 heteroatoms. The van der Waals surface area contributed by atoms with Crippen LogP contribution in [-0.4, -0.2) is 27.6 Å². The minimum absolute atomic E-state index is 0.0207. The van der Waals surface area contributed by atoms with Crippen LogP contribution in [0.1, 0.15) is 36.3 Å². The molecular weight excluding hydrogens is 504 g/mol. The average Bonchev–Trinajstić information content (AvgIpc) is 3.37. The van der Waals surface area contributed by atoms with Crippen molar-refractivity contribution in [2.75, 3.05) is 16.0 Å². The number of para-hydroxylation sites is 1. The van der Waals surface area contributed by atoms with Crippen molar-refractivity contribution in [1.82, 2.24) is 10.2 Å². The number of rotatable bonds is 6. The van der Waals surface area contributed by atoms with E-state index in [9.17, 15) is 14.9 Å². The van der Waals surface area contributed by atoms with Gasteiger partial charge in [-0.1, -0.05) is 71.6 Å². The number of ketones is 1. The molecule has 1 aliphatic heterocycles. The lowest BCUT2D eigenvalue weighted by atomic mass is 9.76. The largest absolute Gasteiger partial charge is 0.384 e. The van der Waals surface area contributed by atoms with E-state index >= 15 is 0 Å².